The zero-order valence-electron chi connectivity index (χ0n) is 11.6. The molecule has 0 amide bonds. The van der Waals surface area contributed by atoms with Crippen molar-refractivity contribution in [3.63, 3.8) is 0 Å². The van der Waals surface area contributed by atoms with E-state index in [1.807, 2.05) is 24.0 Å². The third-order valence-electron chi connectivity index (χ3n) is 2.92. The number of rotatable bonds is 9. The molecule has 0 bridgehead atoms. The third kappa shape index (κ3) is 5.62. The number of aryl methyl sites for hydroxylation is 1. The van der Waals surface area contributed by atoms with Crippen molar-refractivity contribution in [2.75, 3.05) is 26.8 Å². The Balaban J connectivity index is 2.29. The summed E-state index contributed by atoms with van der Waals surface area (Å²) in [5.41, 5.74) is 0.389. The van der Waals surface area contributed by atoms with Crippen molar-refractivity contribution in [3.05, 3.63) is 18.0 Å². The predicted octanol–water partition coefficient (Wildman–Crippen LogP) is 0.823. The lowest BCUT2D eigenvalue weighted by Gasteiger charge is -2.22. The van der Waals surface area contributed by atoms with Gasteiger partial charge in [0.2, 0.25) is 0 Å². The minimum absolute atomic E-state index is 0.638. The maximum Gasteiger partial charge on any atom is 0.0673 e. The quantitative estimate of drug-likeness (QED) is 0.642. The number of nitrogens with zero attached hydrogens (tertiary/aromatic N) is 2. The van der Waals surface area contributed by atoms with Crippen LogP contribution in [0.4, 0.5) is 0 Å². The minimum Gasteiger partial charge on any atom is -0.390 e. The fourth-order valence-corrected chi connectivity index (χ4v) is 1.86. The Morgan fingerprint density at radius 3 is 2.89 bits per heavy atom. The minimum atomic E-state index is -0.693. The zero-order chi connectivity index (χ0) is 13.4. The summed E-state index contributed by atoms with van der Waals surface area (Å²) in [6, 6.07) is 0. The second-order valence-electron chi connectivity index (χ2n) is 4.87. The van der Waals surface area contributed by atoms with E-state index in [0.717, 1.165) is 25.2 Å². The largest absolute Gasteiger partial charge is 0.390 e. The Morgan fingerprint density at radius 1 is 1.50 bits per heavy atom. The average molecular weight is 255 g/mol. The fourth-order valence-electron chi connectivity index (χ4n) is 1.86. The summed E-state index contributed by atoms with van der Waals surface area (Å²) >= 11 is 0. The molecular weight excluding hydrogens is 230 g/mol. The second kappa shape index (κ2) is 7.51. The van der Waals surface area contributed by atoms with Crippen LogP contribution in [0, 0.1) is 0 Å². The average Bonchev–Trinajstić information content (AvgIpc) is 2.75. The van der Waals surface area contributed by atoms with Gasteiger partial charge in [0.05, 0.1) is 18.4 Å². The van der Waals surface area contributed by atoms with Gasteiger partial charge in [-0.2, -0.15) is 5.10 Å². The van der Waals surface area contributed by atoms with Crippen molar-refractivity contribution >= 4 is 0 Å². The molecular formula is C13H25N3O2. The first-order chi connectivity index (χ1) is 8.57. The van der Waals surface area contributed by atoms with Crippen LogP contribution in [0.15, 0.2) is 12.4 Å². The van der Waals surface area contributed by atoms with Crippen LogP contribution in [0.2, 0.25) is 0 Å². The molecule has 1 heterocycles. The molecule has 0 aliphatic rings. The molecule has 18 heavy (non-hydrogen) atoms. The number of hydrogen-bond donors (Lipinski definition) is 2. The monoisotopic (exact) mass is 255 g/mol. The van der Waals surface area contributed by atoms with E-state index < -0.39 is 5.60 Å². The van der Waals surface area contributed by atoms with Gasteiger partial charge in [-0.3, -0.25) is 4.68 Å². The van der Waals surface area contributed by atoms with Crippen LogP contribution >= 0.6 is 0 Å². The van der Waals surface area contributed by atoms with Crippen molar-refractivity contribution in [1.29, 1.82) is 0 Å². The van der Waals surface area contributed by atoms with Crippen LogP contribution in [0.5, 0.6) is 0 Å². The number of ether oxygens (including phenoxy) is 1. The summed E-state index contributed by atoms with van der Waals surface area (Å²) < 4.78 is 6.83. The number of hydrogen-bond acceptors (Lipinski definition) is 4. The molecule has 2 N–H and O–H groups in total. The van der Waals surface area contributed by atoms with Gasteiger partial charge in [0.1, 0.15) is 0 Å². The topological polar surface area (TPSA) is 59.3 Å². The molecule has 1 unspecified atom stereocenters. The van der Waals surface area contributed by atoms with Crippen molar-refractivity contribution in [2.24, 2.45) is 0 Å². The summed E-state index contributed by atoms with van der Waals surface area (Å²) in [4.78, 5) is 0. The SMILES string of the molecule is CCn1cc(CC(C)(O)CCNCCOC)cn1. The van der Waals surface area contributed by atoms with E-state index in [1.165, 1.54) is 0 Å². The molecule has 1 aromatic heterocycles. The zero-order valence-corrected chi connectivity index (χ0v) is 11.6. The van der Waals surface area contributed by atoms with Crippen LogP contribution in [0.3, 0.4) is 0 Å². The van der Waals surface area contributed by atoms with Gasteiger partial charge in [0.15, 0.2) is 0 Å². The lowest BCUT2D eigenvalue weighted by molar-refractivity contribution is 0.0510. The summed E-state index contributed by atoms with van der Waals surface area (Å²) in [6.45, 7) is 7.09. The van der Waals surface area contributed by atoms with Gasteiger partial charge in [0, 0.05) is 32.8 Å². The Morgan fingerprint density at radius 2 is 2.28 bits per heavy atom. The van der Waals surface area contributed by atoms with Crippen LogP contribution in [-0.2, 0) is 17.7 Å². The lowest BCUT2D eigenvalue weighted by Crippen LogP contribution is -2.33. The molecule has 0 saturated heterocycles. The highest BCUT2D eigenvalue weighted by Gasteiger charge is 2.21. The molecule has 1 rings (SSSR count). The summed E-state index contributed by atoms with van der Waals surface area (Å²) in [5, 5.41) is 17.7. The molecule has 0 saturated carbocycles. The predicted molar refractivity (Wildman–Crippen MR) is 71.6 cm³/mol. The second-order valence-corrected chi connectivity index (χ2v) is 4.87. The number of aromatic nitrogens is 2. The van der Waals surface area contributed by atoms with Crippen LogP contribution in [0.25, 0.3) is 0 Å². The highest BCUT2D eigenvalue weighted by molar-refractivity contribution is 5.07. The van der Waals surface area contributed by atoms with Crippen molar-refractivity contribution < 1.29 is 9.84 Å². The molecule has 0 fully saturated rings. The highest BCUT2D eigenvalue weighted by atomic mass is 16.5. The van der Waals surface area contributed by atoms with Crippen LogP contribution in [-0.4, -0.2) is 47.3 Å². The van der Waals surface area contributed by atoms with Gasteiger partial charge in [-0.1, -0.05) is 0 Å². The van der Waals surface area contributed by atoms with Crippen molar-refractivity contribution in [3.8, 4) is 0 Å². The van der Waals surface area contributed by atoms with Crippen molar-refractivity contribution in [2.45, 2.75) is 38.8 Å². The fraction of sp³-hybridized carbons (Fsp3) is 0.769. The van der Waals surface area contributed by atoms with Crippen LogP contribution < -0.4 is 5.32 Å². The van der Waals surface area contributed by atoms with Gasteiger partial charge in [0.25, 0.3) is 0 Å². The van der Waals surface area contributed by atoms with E-state index in [1.54, 1.807) is 7.11 Å². The van der Waals surface area contributed by atoms with Gasteiger partial charge in [-0.25, -0.2) is 0 Å². The first-order valence-corrected chi connectivity index (χ1v) is 6.51. The normalized spacial score (nSPS) is 14.7. The molecule has 0 radical (unpaired) electrons. The molecule has 104 valence electrons. The number of methoxy groups -OCH3 is 1. The Hall–Kier alpha value is -0.910. The van der Waals surface area contributed by atoms with Gasteiger partial charge >= 0.3 is 0 Å². The van der Waals surface area contributed by atoms with Gasteiger partial charge < -0.3 is 15.2 Å². The Labute approximate surface area is 109 Å². The highest BCUT2D eigenvalue weighted by Crippen LogP contribution is 2.16. The van der Waals surface area contributed by atoms with Gasteiger partial charge in [-0.15, -0.1) is 0 Å². The van der Waals surface area contributed by atoms with Gasteiger partial charge in [-0.05, 0) is 32.4 Å². The van der Waals surface area contributed by atoms with Crippen LogP contribution in [0.1, 0.15) is 25.8 Å². The summed E-state index contributed by atoms with van der Waals surface area (Å²) in [7, 11) is 1.68. The molecule has 0 aliphatic heterocycles. The Kier molecular flexibility index (Phi) is 6.32. The summed E-state index contributed by atoms with van der Waals surface area (Å²) in [6.07, 6.45) is 5.18. The molecule has 0 aromatic carbocycles. The number of nitrogens with one attached hydrogen (secondary N) is 1. The first-order valence-electron chi connectivity index (χ1n) is 6.51. The number of aliphatic hydroxyl groups is 1. The molecule has 0 spiro atoms. The third-order valence-corrected chi connectivity index (χ3v) is 2.92. The van der Waals surface area contributed by atoms with E-state index in [4.69, 9.17) is 4.74 Å². The lowest BCUT2D eigenvalue weighted by atomic mass is 9.95. The molecule has 5 heteroatoms. The van der Waals surface area contributed by atoms with E-state index in [0.29, 0.717) is 19.4 Å². The summed E-state index contributed by atoms with van der Waals surface area (Å²) in [5.74, 6) is 0. The smallest absolute Gasteiger partial charge is 0.0673 e. The van der Waals surface area contributed by atoms with E-state index in [9.17, 15) is 5.11 Å². The standard InChI is InChI=1S/C13H25N3O2/c1-4-16-11-12(10-15-16)9-13(2,17)5-6-14-7-8-18-3/h10-11,14,17H,4-9H2,1-3H3. The van der Waals surface area contributed by atoms with E-state index >= 15 is 0 Å². The van der Waals surface area contributed by atoms with E-state index in [-0.39, 0.29) is 0 Å². The Bertz CT molecular complexity index is 337. The maximum atomic E-state index is 10.3. The molecule has 5 nitrogen and oxygen atoms in total. The molecule has 0 aliphatic carbocycles. The first kappa shape index (κ1) is 15.1. The maximum absolute atomic E-state index is 10.3. The molecule has 1 atom stereocenters. The molecule has 1 aromatic rings. The van der Waals surface area contributed by atoms with E-state index in [2.05, 4.69) is 17.3 Å². The van der Waals surface area contributed by atoms with Crippen molar-refractivity contribution in [1.82, 2.24) is 15.1 Å².